The average molecular weight is 323 g/mol. The molecule has 1 saturated heterocycles. The highest BCUT2D eigenvalue weighted by atomic mass is 16.2. The predicted molar refractivity (Wildman–Crippen MR) is 93.9 cm³/mol. The van der Waals surface area contributed by atoms with Crippen LogP contribution in [0, 0.1) is 12.8 Å². The number of carbonyl (C=O) groups excluding carboxylic acids is 2. The molecule has 0 aliphatic carbocycles. The topological polar surface area (TPSA) is 62.3 Å². The third kappa shape index (κ3) is 3.45. The second-order valence-corrected chi connectivity index (χ2v) is 6.13. The molecule has 0 saturated carbocycles. The van der Waals surface area contributed by atoms with Crippen molar-refractivity contribution in [3.05, 3.63) is 53.7 Å². The fourth-order valence-electron chi connectivity index (χ4n) is 2.88. The van der Waals surface area contributed by atoms with Crippen molar-refractivity contribution in [2.45, 2.75) is 26.7 Å². The van der Waals surface area contributed by atoms with Crippen molar-refractivity contribution in [3.63, 3.8) is 0 Å². The highest BCUT2D eigenvalue weighted by Crippen LogP contribution is 2.26. The molecule has 2 heterocycles. The summed E-state index contributed by atoms with van der Waals surface area (Å²) < 4.78 is 0. The van der Waals surface area contributed by atoms with Crippen LogP contribution in [0.4, 0.5) is 11.5 Å². The van der Waals surface area contributed by atoms with Crippen molar-refractivity contribution in [3.8, 4) is 0 Å². The van der Waals surface area contributed by atoms with Gasteiger partial charge in [-0.2, -0.15) is 0 Å². The van der Waals surface area contributed by atoms with Crippen LogP contribution in [-0.2, 0) is 16.0 Å². The first-order valence-electron chi connectivity index (χ1n) is 8.19. The first kappa shape index (κ1) is 16.2. The predicted octanol–water partition coefficient (Wildman–Crippen LogP) is 2.94. The highest BCUT2D eigenvalue weighted by molar-refractivity contribution is 6.03. The molecule has 1 aliphatic heterocycles. The fourth-order valence-corrected chi connectivity index (χ4v) is 2.88. The fraction of sp³-hybridized carbons (Fsp3) is 0.316. The molecule has 1 aromatic carbocycles. The van der Waals surface area contributed by atoms with E-state index in [2.05, 4.69) is 17.2 Å². The van der Waals surface area contributed by atoms with Gasteiger partial charge in [0.15, 0.2) is 0 Å². The number of amides is 2. The monoisotopic (exact) mass is 323 g/mol. The first-order chi connectivity index (χ1) is 11.6. The van der Waals surface area contributed by atoms with Crippen LogP contribution < -0.4 is 10.2 Å². The molecular weight excluding hydrogens is 302 g/mol. The zero-order valence-corrected chi connectivity index (χ0v) is 14.0. The molecule has 2 amide bonds. The van der Waals surface area contributed by atoms with Crippen molar-refractivity contribution < 1.29 is 9.59 Å². The molecule has 1 aromatic heterocycles. The molecule has 5 nitrogen and oxygen atoms in total. The third-order valence-electron chi connectivity index (χ3n) is 4.32. The van der Waals surface area contributed by atoms with Crippen molar-refractivity contribution in [1.29, 1.82) is 0 Å². The maximum absolute atomic E-state index is 12.4. The molecule has 1 atom stereocenters. The van der Waals surface area contributed by atoms with Gasteiger partial charge in [0.1, 0.15) is 5.82 Å². The summed E-state index contributed by atoms with van der Waals surface area (Å²) in [4.78, 5) is 30.5. The van der Waals surface area contributed by atoms with Crippen molar-refractivity contribution in [2.24, 2.45) is 5.92 Å². The Morgan fingerprint density at radius 1 is 1.29 bits per heavy atom. The number of aryl methyl sites for hydroxylation is 2. The van der Waals surface area contributed by atoms with E-state index in [9.17, 15) is 9.59 Å². The van der Waals surface area contributed by atoms with Crippen LogP contribution in [0.1, 0.15) is 24.5 Å². The number of carbonyl (C=O) groups is 2. The number of pyridine rings is 1. The van der Waals surface area contributed by atoms with Gasteiger partial charge in [-0.05, 0) is 48.7 Å². The molecule has 5 heteroatoms. The number of aromatic nitrogens is 1. The molecule has 1 aliphatic rings. The molecule has 0 unspecified atom stereocenters. The maximum atomic E-state index is 12.4. The molecule has 2 aromatic rings. The Balaban J connectivity index is 1.68. The number of nitrogens with one attached hydrogen (secondary N) is 1. The van der Waals surface area contributed by atoms with E-state index in [0.29, 0.717) is 12.4 Å². The molecule has 0 bridgehead atoms. The van der Waals surface area contributed by atoms with E-state index in [1.54, 1.807) is 11.1 Å². The second-order valence-electron chi connectivity index (χ2n) is 6.13. The number of anilines is 2. The van der Waals surface area contributed by atoms with Crippen molar-refractivity contribution in [1.82, 2.24) is 4.98 Å². The molecule has 1 N–H and O–H groups in total. The van der Waals surface area contributed by atoms with Gasteiger partial charge in [0.05, 0.1) is 5.92 Å². The van der Waals surface area contributed by atoms with Crippen molar-refractivity contribution in [2.75, 3.05) is 16.8 Å². The SMILES string of the molecule is CCc1ccc(N2C[C@H](C(=O)Nc3cc(C)ccn3)CC2=O)cc1. The van der Waals surface area contributed by atoms with Crippen LogP contribution in [0.25, 0.3) is 0 Å². The first-order valence-corrected chi connectivity index (χ1v) is 8.19. The number of hydrogen-bond acceptors (Lipinski definition) is 3. The zero-order valence-electron chi connectivity index (χ0n) is 14.0. The lowest BCUT2D eigenvalue weighted by Crippen LogP contribution is -2.28. The van der Waals surface area contributed by atoms with E-state index >= 15 is 0 Å². The number of rotatable bonds is 4. The van der Waals surface area contributed by atoms with Gasteiger partial charge in [0.25, 0.3) is 0 Å². The summed E-state index contributed by atoms with van der Waals surface area (Å²) in [5, 5.41) is 2.81. The number of benzene rings is 1. The quantitative estimate of drug-likeness (QED) is 0.941. The summed E-state index contributed by atoms with van der Waals surface area (Å²) >= 11 is 0. The number of hydrogen-bond donors (Lipinski definition) is 1. The van der Waals surface area contributed by atoms with Gasteiger partial charge >= 0.3 is 0 Å². The van der Waals surface area contributed by atoms with Gasteiger partial charge in [-0.15, -0.1) is 0 Å². The maximum Gasteiger partial charge on any atom is 0.230 e. The average Bonchev–Trinajstić information content (AvgIpc) is 2.97. The van der Waals surface area contributed by atoms with Crippen LogP contribution >= 0.6 is 0 Å². The summed E-state index contributed by atoms with van der Waals surface area (Å²) in [5.41, 5.74) is 3.10. The van der Waals surface area contributed by atoms with Crippen LogP contribution in [0.3, 0.4) is 0 Å². The normalized spacial score (nSPS) is 17.2. The van der Waals surface area contributed by atoms with E-state index in [1.807, 2.05) is 43.3 Å². The Morgan fingerprint density at radius 3 is 2.71 bits per heavy atom. The molecule has 3 rings (SSSR count). The Hall–Kier alpha value is -2.69. The minimum absolute atomic E-state index is 0.0170. The summed E-state index contributed by atoms with van der Waals surface area (Å²) in [6.45, 7) is 4.44. The molecule has 0 spiro atoms. The molecular formula is C19H21N3O2. The van der Waals surface area contributed by atoms with E-state index < -0.39 is 0 Å². The molecule has 124 valence electrons. The lowest BCUT2D eigenvalue weighted by Gasteiger charge is -2.17. The standard InChI is InChI=1S/C19H21N3O2/c1-3-14-4-6-16(7-5-14)22-12-15(11-18(22)23)19(24)21-17-10-13(2)8-9-20-17/h4-10,15H,3,11-12H2,1-2H3,(H,20,21,24)/t15-/m1/s1. The van der Waals surface area contributed by atoms with Gasteiger partial charge in [0, 0.05) is 24.8 Å². The van der Waals surface area contributed by atoms with Crippen LogP contribution in [0.2, 0.25) is 0 Å². The highest BCUT2D eigenvalue weighted by Gasteiger charge is 2.35. The lowest BCUT2D eigenvalue weighted by atomic mass is 10.1. The van der Waals surface area contributed by atoms with Gasteiger partial charge in [-0.1, -0.05) is 19.1 Å². The Kier molecular flexibility index (Phi) is 4.60. The van der Waals surface area contributed by atoms with E-state index in [1.165, 1.54) is 5.56 Å². The number of nitrogens with zero attached hydrogens (tertiary/aromatic N) is 2. The van der Waals surface area contributed by atoms with Crippen LogP contribution in [0.5, 0.6) is 0 Å². The summed E-state index contributed by atoms with van der Waals surface area (Å²) in [5.74, 6) is -0.00501. The summed E-state index contributed by atoms with van der Waals surface area (Å²) in [6, 6.07) is 11.6. The third-order valence-corrected chi connectivity index (χ3v) is 4.32. The smallest absolute Gasteiger partial charge is 0.230 e. The Morgan fingerprint density at radius 2 is 2.04 bits per heavy atom. The summed E-state index contributed by atoms with van der Waals surface area (Å²) in [6.07, 6.45) is 2.85. The lowest BCUT2D eigenvalue weighted by molar-refractivity contribution is -0.122. The van der Waals surface area contributed by atoms with Gasteiger partial charge in [0.2, 0.25) is 11.8 Å². The molecule has 1 fully saturated rings. The van der Waals surface area contributed by atoms with E-state index in [-0.39, 0.29) is 24.2 Å². The Labute approximate surface area is 141 Å². The van der Waals surface area contributed by atoms with Gasteiger partial charge < -0.3 is 10.2 Å². The van der Waals surface area contributed by atoms with E-state index in [0.717, 1.165) is 17.7 Å². The largest absolute Gasteiger partial charge is 0.312 e. The van der Waals surface area contributed by atoms with Gasteiger partial charge in [-0.3, -0.25) is 9.59 Å². The van der Waals surface area contributed by atoms with Crippen LogP contribution in [-0.4, -0.2) is 23.3 Å². The minimum atomic E-state index is -0.356. The second kappa shape index (κ2) is 6.83. The minimum Gasteiger partial charge on any atom is -0.312 e. The zero-order chi connectivity index (χ0) is 17.1. The van der Waals surface area contributed by atoms with E-state index in [4.69, 9.17) is 0 Å². The Bertz CT molecular complexity index is 755. The molecule has 24 heavy (non-hydrogen) atoms. The summed E-state index contributed by atoms with van der Waals surface area (Å²) in [7, 11) is 0. The molecule has 0 radical (unpaired) electrons. The van der Waals surface area contributed by atoms with Gasteiger partial charge in [-0.25, -0.2) is 4.98 Å². The van der Waals surface area contributed by atoms with Crippen LogP contribution in [0.15, 0.2) is 42.6 Å². The van der Waals surface area contributed by atoms with Crippen molar-refractivity contribution >= 4 is 23.3 Å².